The molecular weight excluding hydrogens is 266 g/mol. The van der Waals surface area contributed by atoms with Crippen molar-refractivity contribution in [1.29, 1.82) is 0 Å². The van der Waals surface area contributed by atoms with Crippen molar-refractivity contribution in [2.45, 2.75) is 19.9 Å². The van der Waals surface area contributed by atoms with Gasteiger partial charge in [-0.15, -0.1) is 0 Å². The molecular formula is C16H19N3O2. The molecule has 5 nitrogen and oxygen atoms in total. The Hall–Kier alpha value is -2.40. The molecule has 110 valence electrons. The molecule has 0 aliphatic rings. The molecule has 0 spiro atoms. The van der Waals surface area contributed by atoms with Crippen LogP contribution in [0.2, 0.25) is 0 Å². The van der Waals surface area contributed by atoms with Crippen LogP contribution >= 0.6 is 0 Å². The zero-order chi connectivity index (χ0) is 15.2. The third kappa shape index (κ3) is 4.29. The van der Waals surface area contributed by atoms with Crippen molar-refractivity contribution in [3.8, 4) is 11.5 Å². The number of benzene rings is 1. The number of carbonyl (C=O) groups is 1. The molecule has 3 N–H and O–H groups in total. The van der Waals surface area contributed by atoms with Gasteiger partial charge >= 0.3 is 0 Å². The van der Waals surface area contributed by atoms with Crippen molar-refractivity contribution < 1.29 is 9.53 Å². The lowest BCUT2D eigenvalue weighted by Gasteiger charge is -2.15. The van der Waals surface area contributed by atoms with E-state index in [1.165, 1.54) is 0 Å². The second-order valence-corrected chi connectivity index (χ2v) is 5.07. The maximum atomic E-state index is 11.9. The fourth-order valence-electron chi connectivity index (χ4n) is 1.71. The quantitative estimate of drug-likeness (QED) is 0.885. The lowest BCUT2D eigenvalue weighted by atomic mass is 10.0. The number of aromatic nitrogens is 1. The van der Waals surface area contributed by atoms with E-state index in [0.717, 1.165) is 0 Å². The molecule has 0 fully saturated rings. The molecule has 0 aliphatic carbocycles. The van der Waals surface area contributed by atoms with Crippen LogP contribution in [0.3, 0.4) is 0 Å². The van der Waals surface area contributed by atoms with Crippen molar-refractivity contribution in [3.05, 3.63) is 48.8 Å². The highest BCUT2D eigenvalue weighted by Crippen LogP contribution is 2.23. The van der Waals surface area contributed by atoms with Crippen LogP contribution in [0, 0.1) is 5.92 Å². The van der Waals surface area contributed by atoms with Gasteiger partial charge in [0.2, 0.25) is 5.91 Å². The molecule has 0 unspecified atom stereocenters. The number of nitrogens with one attached hydrogen (secondary N) is 1. The van der Waals surface area contributed by atoms with Crippen LogP contribution < -0.4 is 15.8 Å². The number of pyridine rings is 1. The van der Waals surface area contributed by atoms with Gasteiger partial charge in [-0.25, -0.2) is 0 Å². The van der Waals surface area contributed by atoms with Gasteiger partial charge in [0, 0.05) is 24.1 Å². The van der Waals surface area contributed by atoms with Gasteiger partial charge in [-0.1, -0.05) is 19.9 Å². The van der Waals surface area contributed by atoms with E-state index in [1.54, 1.807) is 36.7 Å². The molecule has 0 radical (unpaired) electrons. The average molecular weight is 285 g/mol. The first-order valence-electron chi connectivity index (χ1n) is 6.80. The van der Waals surface area contributed by atoms with Crippen LogP contribution in [-0.2, 0) is 4.79 Å². The molecule has 1 amide bonds. The minimum absolute atomic E-state index is 0.0845. The van der Waals surface area contributed by atoms with Gasteiger partial charge in [0.05, 0.1) is 6.04 Å². The van der Waals surface area contributed by atoms with Gasteiger partial charge in [-0.05, 0) is 30.2 Å². The maximum Gasteiger partial charge on any atom is 0.241 e. The molecule has 21 heavy (non-hydrogen) atoms. The maximum absolute atomic E-state index is 11.9. The SMILES string of the molecule is CC(C)[C@H](N)C(=O)Nc1cccc(Oc2ccncc2)c1. The standard InChI is InChI=1S/C16H19N3O2/c1-11(2)15(17)16(20)19-12-4-3-5-14(10-12)21-13-6-8-18-9-7-13/h3-11,15H,17H2,1-2H3,(H,19,20)/t15-/m0/s1. The second-order valence-electron chi connectivity index (χ2n) is 5.07. The molecule has 1 aromatic carbocycles. The molecule has 0 saturated heterocycles. The third-order valence-corrected chi connectivity index (χ3v) is 3.01. The van der Waals surface area contributed by atoms with E-state index in [1.807, 2.05) is 26.0 Å². The van der Waals surface area contributed by atoms with E-state index in [0.29, 0.717) is 17.2 Å². The molecule has 0 bridgehead atoms. The lowest BCUT2D eigenvalue weighted by molar-refractivity contribution is -0.118. The molecule has 1 heterocycles. The number of anilines is 1. The Labute approximate surface area is 124 Å². The summed E-state index contributed by atoms with van der Waals surface area (Å²) in [6.07, 6.45) is 3.31. The van der Waals surface area contributed by atoms with Gasteiger partial charge in [-0.2, -0.15) is 0 Å². The zero-order valence-corrected chi connectivity index (χ0v) is 12.1. The van der Waals surface area contributed by atoms with E-state index in [4.69, 9.17) is 10.5 Å². The topological polar surface area (TPSA) is 77.2 Å². The lowest BCUT2D eigenvalue weighted by Crippen LogP contribution is -2.39. The molecule has 2 aromatic rings. The van der Waals surface area contributed by atoms with Crippen molar-refractivity contribution in [1.82, 2.24) is 4.98 Å². The monoisotopic (exact) mass is 285 g/mol. The summed E-state index contributed by atoms with van der Waals surface area (Å²) in [4.78, 5) is 15.9. The van der Waals surface area contributed by atoms with E-state index in [9.17, 15) is 4.79 Å². The number of ether oxygens (including phenoxy) is 1. The van der Waals surface area contributed by atoms with Crippen molar-refractivity contribution >= 4 is 11.6 Å². The Morgan fingerprint density at radius 2 is 1.90 bits per heavy atom. The average Bonchev–Trinajstić information content (AvgIpc) is 2.47. The van der Waals surface area contributed by atoms with Crippen molar-refractivity contribution in [2.24, 2.45) is 11.7 Å². The Balaban J connectivity index is 2.06. The van der Waals surface area contributed by atoms with Gasteiger partial charge in [0.25, 0.3) is 0 Å². The Kier molecular flexibility index (Phi) is 4.90. The summed E-state index contributed by atoms with van der Waals surface area (Å²) in [5, 5.41) is 2.79. The molecule has 0 saturated carbocycles. The minimum Gasteiger partial charge on any atom is -0.457 e. The van der Waals surface area contributed by atoms with Crippen molar-refractivity contribution in [2.75, 3.05) is 5.32 Å². The highest BCUT2D eigenvalue weighted by atomic mass is 16.5. The van der Waals surface area contributed by atoms with Crippen LogP contribution in [0.1, 0.15) is 13.8 Å². The minimum atomic E-state index is -0.533. The van der Waals surface area contributed by atoms with E-state index in [-0.39, 0.29) is 11.8 Å². The first-order valence-corrected chi connectivity index (χ1v) is 6.80. The van der Waals surface area contributed by atoms with Gasteiger partial charge in [0.15, 0.2) is 0 Å². The summed E-state index contributed by atoms with van der Waals surface area (Å²) in [5.41, 5.74) is 6.47. The molecule has 1 aromatic heterocycles. The predicted molar refractivity (Wildman–Crippen MR) is 82.2 cm³/mol. The smallest absolute Gasteiger partial charge is 0.241 e. The zero-order valence-electron chi connectivity index (χ0n) is 12.1. The number of nitrogens with zero attached hydrogens (tertiary/aromatic N) is 1. The molecule has 5 heteroatoms. The summed E-state index contributed by atoms with van der Waals surface area (Å²) in [6.45, 7) is 3.82. The normalized spacial score (nSPS) is 12.0. The van der Waals surface area contributed by atoms with Gasteiger partial charge in [0.1, 0.15) is 11.5 Å². The van der Waals surface area contributed by atoms with Crippen LogP contribution in [0.15, 0.2) is 48.8 Å². The van der Waals surface area contributed by atoms with Crippen LogP contribution in [0.5, 0.6) is 11.5 Å². The van der Waals surface area contributed by atoms with E-state index >= 15 is 0 Å². The Morgan fingerprint density at radius 3 is 2.57 bits per heavy atom. The number of nitrogens with two attached hydrogens (primary N) is 1. The number of hydrogen-bond acceptors (Lipinski definition) is 4. The van der Waals surface area contributed by atoms with Gasteiger partial charge < -0.3 is 15.8 Å². The highest BCUT2D eigenvalue weighted by molar-refractivity contribution is 5.94. The van der Waals surface area contributed by atoms with Crippen LogP contribution in [0.4, 0.5) is 5.69 Å². The largest absolute Gasteiger partial charge is 0.457 e. The summed E-state index contributed by atoms with van der Waals surface area (Å²) in [5.74, 6) is 1.21. The van der Waals surface area contributed by atoms with E-state index in [2.05, 4.69) is 10.3 Å². The van der Waals surface area contributed by atoms with Crippen LogP contribution in [-0.4, -0.2) is 16.9 Å². The second kappa shape index (κ2) is 6.85. The Morgan fingerprint density at radius 1 is 1.19 bits per heavy atom. The molecule has 1 atom stereocenters. The Bertz CT molecular complexity index is 599. The summed E-state index contributed by atoms with van der Waals surface area (Å²) in [7, 11) is 0. The van der Waals surface area contributed by atoms with E-state index < -0.39 is 6.04 Å². The summed E-state index contributed by atoms with van der Waals surface area (Å²) >= 11 is 0. The number of hydrogen-bond donors (Lipinski definition) is 2. The fraction of sp³-hybridized carbons (Fsp3) is 0.250. The number of amides is 1. The highest BCUT2D eigenvalue weighted by Gasteiger charge is 2.17. The first kappa shape index (κ1) is 15.0. The predicted octanol–water partition coefficient (Wildman–Crippen LogP) is 2.80. The van der Waals surface area contributed by atoms with Crippen molar-refractivity contribution in [3.63, 3.8) is 0 Å². The molecule has 2 rings (SSSR count). The number of carbonyl (C=O) groups excluding carboxylic acids is 1. The molecule has 0 aliphatic heterocycles. The van der Waals surface area contributed by atoms with Gasteiger partial charge in [-0.3, -0.25) is 9.78 Å². The first-order chi connectivity index (χ1) is 10.1. The summed E-state index contributed by atoms with van der Waals surface area (Å²) in [6, 6.07) is 10.2. The summed E-state index contributed by atoms with van der Waals surface area (Å²) < 4.78 is 5.69. The fourth-order valence-corrected chi connectivity index (χ4v) is 1.71. The van der Waals surface area contributed by atoms with Crippen LogP contribution in [0.25, 0.3) is 0 Å². The number of rotatable bonds is 5. The third-order valence-electron chi connectivity index (χ3n) is 3.01.